The van der Waals surface area contributed by atoms with Crippen molar-refractivity contribution in [2.24, 2.45) is 5.92 Å². The average molecular weight is 233 g/mol. The maximum absolute atomic E-state index is 5.45. The Balaban J connectivity index is 3.61. The lowest BCUT2D eigenvalue weighted by Crippen LogP contribution is -2.32. The van der Waals surface area contributed by atoms with Crippen LogP contribution in [-0.4, -0.2) is 43.5 Å². The quantitative estimate of drug-likeness (QED) is 0.460. The van der Waals surface area contributed by atoms with Crippen LogP contribution in [0.25, 0.3) is 0 Å². The number of nitrogens with zero attached hydrogens (tertiary/aromatic N) is 1. The maximum Gasteiger partial charge on any atom is 0.0593 e. The third-order valence-corrected chi connectivity index (χ3v) is 3.09. The highest BCUT2D eigenvalue weighted by atomic mass is 32.1. The summed E-state index contributed by atoms with van der Waals surface area (Å²) in [6.45, 7) is 11.8. The van der Waals surface area contributed by atoms with E-state index < -0.39 is 0 Å². The van der Waals surface area contributed by atoms with E-state index in [2.05, 4.69) is 38.3 Å². The molecule has 0 aromatic heterocycles. The number of ether oxygens (including phenoxy) is 1. The largest absolute Gasteiger partial charge is 0.379 e. The first-order chi connectivity index (χ1) is 7.28. The number of thiol groups is 1. The molecule has 0 fully saturated rings. The van der Waals surface area contributed by atoms with Gasteiger partial charge in [0, 0.05) is 18.8 Å². The van der Waals surface area contributed by atoms with Crippen LogP contribution >= 0.6 is 12.6 Å². The van der Waals surface area contributed by atoms with Gasteiger partial charge in [0.25, 0.3) is 0 Å². The summed E-state index contributed by atoms with van der Waals surface area (Å²) in [4.78, 5) is 2.48. The van der Waals surface area contributed by atoms with Crippen LogP contribution < -0.4 is 0 Å². The van der Waals surface area contributed by atoms with Gasteiger partial charge in [0.05, 0.1) is 13.2 Å². The van der Waals surface area contributed by atoms with E-state index in [9.17, 15) is 0 Å². The molecular formula is C12H27NOS. The molecule has 2 nitrogen and oxygen atoms in total. The van der Waals surface area contributed by atoms with Crippen LogP contribution in [0.4, 0.5) is 0 Å². The Hall–Kier alpha value is 0.270. The van der Waals surface area contributed by atoms with Gasteiger partial charge >= 0.3 is 0 Å². The number of hydrogen-bond donors (Lipinski definition) is 1. The number of rotatable bonds is 10. The summed E-state index contributed by atoms with van der Waals surface area (Å²) in [6, 6.07) is 0. The van der Waals surface area contributed by atoms with E-state index >= 15 is 0 Å². The first kappa shape index (κ1) is 15.3. The van der Waals surface area contributed by atoms with Crippen molar-refractivity contribution in [1.82, 2.24) is 4.90 Å². The van der Waals surface area contributed by atoms with Gasteiger partial charge in [0.2, 0.25) is 0 Å². The molecule has 0 radical (unpaired) electrons. The first-order valence-electron chi connectivity index (χ1n) is 6.19. The zero-order valence-electron chi connectivity index (χ0n) is 10.5. The molecule has 0 aliphatic heterocycles. The molecule has 92 valence electrons. The molecule has 0 bridgehead atoms. The third-order valence-electron chi connectivity index (χ3n) is 2.91. The minimum absolute atomic E-state index is 0.769. The van der Waals surface area contributed by atoms with E-state index in [1.165, 1.54) is 19.4 Å². The molecule has 0 saturated heterocycles. The first-order valence-corrected chi connectivity index (χ1v) is 6.82. The fourth-order valence-corrected chi connectivity index (χ4v) is 1.78. The molecule has 0 amide bonds. The van der Waals surface area contributed by atoms with Crippen LogP contribution in [-0.2, 0) is 4.74 Å². The van der Waals surface area contributed by atoms with Crippen LogP contribution in [0.3, 0.4) is 0 Å². The lowest BCUT2D eigenvalue weighted by molar-refractivity contribution is 0.109. The summed E-state index contributed by atoms with van der Waals surface area (Å²) in [5, 5.41) is 0. The lowest BCUT2D eigenvalue weighted by Gasteiger charge is -2.24. The van der Waals surface area contributed by atoms with Gasteiger partial charge in [-0.15, -0.1) is 0 Å². The van der Waals surface area contributed by atoms with Crippen molar-refractivity contribution in [3.05, 3.63) is 0 Å². The Bertz CT molecular complexity index is 129. The highest BCUT2D eigenvalue weighted by Crippen LogP contribution is 2.09. The van der Waals surface area contributed by atoms with E-state index in [1.54, 1.807) is 0 Å². The summed E-state index contributed by atoms with van der Waals surface area (Å²) >= 11 is 4.12. The smallest absolute Gasteiger partial charge is 0.0593 e. The molecule has 0 rings (SSSR count). The average Bonchev–Trinajstić information content (AvgIpc) is 2.28. The van der Waals surface area contributed by atoms with E-state index in [-0.39, 0.29) is 0 Å². The number of likely N-dealkylation sites (N-methyl/N-ethyl adjacent to an activating group) is 1. The standard InChI is InChI=1S/C12H27NOS/c1-4-12(5-2)11-13(6-3)7-8-14-9-10-15/h12,15H,4-11H2,1-3H3. The monoisotopic (exact) mass is 233 g/mol. The van der Waals surface area contributed by atoms with Crippen molar-refractivity contribution in [2.45, 2.75) is 33.6 Å². The molecule has 0 N–H and O–H groups in total. The summed E-state index contributed by atoms with van der Waals surface area (Å²) in [5.74, 6) is 1.66. The van der Waals surface area contributed by atoms with E-state index in [0.717, 1.165) is 38.0 Å². The normalized spacial score (nSPS) is 11.6. The van der Waals surface area contributed by atoms with Gasteiger partial charge in [-0.25, -0.2) is 0 Å². The molecule has 0 aliphatic carbocycles. The summed E-state index contributed by atoms with van der Waals surface area (Å²) < 4.78 is 5.45. The summed E-state index contributed by atoms with van der Waals surface area (Å²) in [7, 11) is 0. The molecule has 0 spiro atoms. The number of hydrogen-bond acceptors (Lipinski definition) is 3. The second-order valence-corrected chi connectivity index (χ2v) is 4.36. The van der Waals surface area contributed by atoms with Gasteiger partial charge in [-0.2, -0.15) is 12.6 Å². The van der Waals surface area contributed by atoms with Crippen LogP contribution in [0.2, 0.25) is 0 Å². The topological polar surface area (TPSA) is 12.5 Å². The Kier molecular flexibility index (Phi) is 11.0. The summed E-state index contributed by atoms with van der Waals surface area (Å²) in [5.41, 5.74) is 0. The molecule has 0 heterocycles. The van der Waals surface area contributed by atoms with Crippen molar-refractivity contribution in [3.63, 3.8) is 0 Å². The minimum atomic E-state index is 0.769. The van der Waals surface area contributed by atoms with Crippen molar-refractivity contribution in [1.29, 1.82) is 0 Å². The molecule has 0 saturated carbocycles. The third kappa shape index (κ3) is 8.12. The Labute approximate surface area is 101 Å². The van der Waals surface area contributed by atoms with Crippen molar-refractivity contribution < 1.29 is 4.74 Å². The lowest BCUT2D eigenvalue weighted by atomic mass is 10.0. The zero-order chi connectivity index (χ0) is 11.5. The molecule has 0 aromatic carbocycles. The van der Waals surface area contributed by atoms with Crippen LogP contribution in [0.5, 0.6) is 0 Å². The Morgan fingerprint density at radius 3 is 2.27 bits per heavy atom. The van der Waals surface area contributed by atoms with Gasteiger partial charge < -0.3 is 9.64 Å². The predicted molar refractivity (Wildman–Crippen MR) is 70.9 cm³/mol. The zero-order valence-corrected chi connectivity index (χ0v) is 11.4. The van der Waals surface area contributed by atoms with E-state index in [4.69, 9.17) is 4.74 Å². The van der Waals surface area contributed by atoms with E-state index in [0.29, 0.717) is 0 Å². The second-order valence-electron chi connectivity index (χ2n) is 3.91. The van der Waals surface area contributed by atoms with Gasteiger partial charge in [-0.1, -0.05) is 33.6 Å². The molecule has 0 aromatic rings. The maximum atomic E-state index is 5.45. The van der Waals surface area contributed by atoms with Gasteiger partial charge in [0.1, 0.15) is 0 Å². The Morgan fingerprint density at radius 1 is 1.13 bits per heavy atom. The van der Waals surface area contributed by atoms with Gasteiger partial charge in [0.15, 0.2) is 0 Å². The molecule has 15 heavy (non-hydrogen) atoms. The van der Waals surface area contributed by atoms with Crippen molar-refractivity contribution in [3.8, 4) is 0 Å². The summed E-state index contributed by atoms with van der Waals surface area (Å²) in [6.07, 6.45) is 2.56. The fourth-order valence-electron chi connectivity index (χ4n) is 1.65. The SMILES string of the molecule is CCC(CC)CN(CC)CCOCCS. The van der Waals surface area contributed by atoms with Crippen LogP contribution in [0.1, 0.15) is 33.6 Å². The second kappa shape index (κ2) is 10.8. The molecule has 0 unspecified atom stereocenters. The van der Waals surface area contributed by atoms with Gasteiger partial charge in [-0.3, -0.25) is 0 Å². The van der Waals surface area contributed by atoms with Crippen molar-refractivity contribution >= 4 is 12.6 Å². The highest BCUT2D eigenvalue weighted by Gasteiger charge is 2.09. The van der Waals surface area contributed by atoms with Crippen LogP contribution in [0, 0.1) is 5.92 Å². The highest BCUT2D eigenvalue weighted by molar-refractivity contribution is 7.80. The fraction of sp³-hybridized carbons (Fsp3) is 1.00. The molecule has 0 atom stereocenters. The predicted octanol–water partition coefficient (Wildman–Crippen LogP) is 2.69. The molecule has 3 heteroatoms. The van der Waals surface area contributed by atoms with Gasteiger partial charge in [-0.05, 0) is 12.5 Å². The van der Waals surface area contributed by atoms with Crippen LogP contribution in [0.15, 0.2) is 0 Å². The van der Waals surface area contributed by atoms with Crippen molar-refractivity contribution in [2.75, 3.05) is 38.6 Å². The minimum Gasteiger partial charge on any atom is -0.379 e. The molecular weight excluding hydrogens is 206 g/mol. The van der Waals surface area contributed by atoms with E-state index in [1.807, 2.05) is 0 Å². The molecule has 0 aliphatic rings. The Morgan fingerprint density at radius 2 is 1.80 bits per heavy atom.